The first-order chi connectivity index (χ1) is 35.5. The van der Waals surface area contributed by atoms with Gasteiger partial charge in [0.05, 0.1) is 21.4 Å². The summed E-state index contributed by atoms with van der Waals surface area (Å²) in [5.41, 5.74) is 4.76. The molecule has 6 rings (SSSR count). The first-order valence-corrected chi connectivity index (χ1v) is 26.8. The number of carbonyl (C=O) groups excluding carboxylic acids is 6. The van der Waals surface area contributed by atoms with E-state index < -0.39 is 0 Å². The third-order valence-electron chi connectivity index (χ3n) is 12.2. The van der Waals surface area contributed by atoms with Gasteiger partial charge in [-0.05, 0) is 132 Å². The van der Waals surface area contributed by atoms with Gasteiger partial charge in [0.1, 0.15) is 0 Å². The topological polar surface area (TPSA) is 188 Å². The summed E-state index contributed by atoms with van der Waals surface area (Å²) in [7, 11) is 0. The maximum absolute atomic E-state index is 13.1. The molecule has 2 heterocycles. The number of unbranched alkanes of at least 4 members (excludes halogenated alkanes) is 1. The highest BCUT2D eigenvalue weighted by molar-refractivity contribution is 6.34. The van der Waals surface area contributed by atoms with E-state index in [0.717, 1.165) is 56.6 Å². The van der Waals surface area contributed by atoms with Gasteiger partial charge in [-0.1, -0.05) is 74.7 Å². The van der Waals surface area contributed by atoms with Gasteiger partial charge in [0.15, 0.2) is 0 Å². The quantitative estimate of drug-likeness (QED) is 0.0599. The molecule has 0 saturated carbocycles. The molecule has 2 saturated heterocycles. The van der Waals surface area contributed by atoms with Gasteiger partial charge in [-0.2, -0.15) is 0 Å². The molecule has 8 amide bonds. The van der Waals surface area contributed by atoms with Crippen molar-refractivity contribution < 1.29 is 28.8 Å². The lowest BCUT2D eigenvalue weighted by molar-refractivity contribution is 0.0622. The Balaban J connectivity index is 0.000000277. The molecule has 0 aliphatic carbocycles. The predicted octanol–water partition coefficient (Wildman–Crippen LogP) is 9.74. The lowest BCUT2D eigenvalue weighted by atomic mass is 10.1. The van der Waals surface area contributed by atoms with E-state index in [0.29, 0.717) is 102 Å². The van der Waals surface area contributed by atoms with Crippen molar-refractivity contribution in [3.05, 3.63) is 128 Å². The van der Waals surface area contributed by atoms with Gasteiger partial charge < -0.3 is 41.7 Å². The molecule has 75 heavy (non-hydrogen) atoms. The number of piperazine rings is 2. The number of nitrogens with zero attached hydrogens (tertiary/aromatic N) is 4. The van der Waals surface area contributed by atoms with Crippen LogP contribution in [-0.2, 0) is 13.1 Å². The normalized spacial score (nSPS) is 14.3. The zero-order valence-electron chi connectivity index (χ0n) is 45.3. The molecule has 4 aromatic rings. The Labute approximate surface area is 454 Å². The van der Waals surface area contributed by atoms with Crippen molar-refractivity contribution in [3.63, 3.8) is 0 Å². The predicted molar refractivity (Wildman–Crippen MR) is 301 cm³/mol. The van der Waals surface area contributed by atoms with Crippen LogP contribution in [0.4, 0.5) is 21.0 Å². The van der Waals surface area contributed by atoms with Gasteiger partial charge in [0.2, 0.25) is 0 Å². The van der Waals surface area contributed by atoms with Crippen molar-refractivity contribution in [1.29, 1.82) is 0 Å². The maximum Gasteiger partial charge on any atom is 0.319 e. The van der Waals surface area contributed by atoms with E-state index in [4.69, 9.17) is 23.2 Å². The molecule has 0 bridgehead atoms. The van der Waals surface area contributed by atoms with Crippen LogP contribution in [0.3, 0.4) is 0 Å². The summed E-state index contributed by atoms with van der Waals surface area (Å²) >= 11 is 12.7. The number of carbonyl (C=O) groups is 6. The van der Waals surface area contributed by atoms with Crippen molar-refractivity contribution in [2.75, 3.05) is 76.1 Å². The Kier molecular flexibility index (Phi) is 22.3. The number of amides is 8. The van der Waals surface area contributed by atoms with E-state index in [1.165, 1.54) is 0 Å². The molecular weight excluding hydrogens is 992 g/mol. The molecule has 0 aromatic heterocycles. The highest BCUT2D eigenvalue weighted by atomic mass is 35.5. The van der Waals surface area contributed by atoms with Gasteiger partial charge in [-0.3, -0.25) is 29.0 Å². The third kappa shape index (κ3) is 20.1. The average molecular weight is 1070 g/mol. The summed E-state index contributed by atoms with van der Waals surface area (Å²) in [6, 6.07) is 24.7. The fourth-order valence-corrected chi connectivity index (χ4v) is 8.69. The Bertz CT molecular complexity index is 2600. The molecule has 2 aliphatic rings. The number of anilines is 2. The van der Waals surface area contributed by atoms with Crippen molar-refractivity contribution in [2.45, 2.75) is 106 Å². The Morgan fingerprint density at radius 2 is 0.933 bits per heavy atom. The zero-order valence-corrected chi connectivity index (χ0v) is 46.8. The van der Waals surface area contributed by atoms with E-state index in [1.54, 1.807) is 36.4 Å². The fourth-order valence-electron chi connectivity index (χ4n) is 8.23. The van der Waals surface area contributed by atoms with Crippen LogP contribution in [0.25, 0.3) is 0 Å². The van der Waals surface area contributed by atoms with Crippen LogP contribution in [0.2, 0.25) is 10.0 Å². The SMILES string of the molecule is CC(C)CCNC(=O)Nc1ccc(C(=O)N2CCN(Cc3cccc(C(=O)NC(C)(C)C)c3)CC2)cc1Cl.CCCCNC(=O)Nc1ccc(C(=O)N2CCN(Cc3cccc(C(=O)NC(C)(C)C)c3)CC2)cc1Cl. The minimum Gasteiger partial charge on any atom is -0.347 e. The Morgan fingerprint density at radius 1 is 0.533 bits per heavy atom. The molecule has 16 nitrogen and oxygen atoms in total. The molecule has 406 valence electrons. The van der Waals surface area contributed by atoms with Crippen LogP contribution in [-0.4, -0.2) is 132 Å². The number of halogens is 2. The zero-order chi connectivity index (χ0) is 54.9. The van der Waals surface area contributed by atoms with Crippen LogP contribution < -0.4 is 31.9 Å². The summed E-state index contributed by atoms with van der Waals surface area (Å²) in [5.74, 6) is 0.175. The number of nitrogens with one attached hydrogen (secondary N) is 6. The van der Waals surface area contributed by atoms with Gasteiger partial charge in [-0.15, -0.1) is 0 Å². The number of benzene rings is 4. The molecule has 6 N–H and O–H groups in total. The number of rotatable bonds is 16. The molecule has 2 aliphatic heterocycles. The Hall–Kier alpha value is -6.20. The second-order valence-electron chi connectivity index (χ2n) is 21.6. The van der Waals surface area contributed by atoms with Gasteiger partial charge in [0.25, 0.3) is 23.6 Å². The van der Waals surface area contributed by atoms with Gasteiger partial charge >= 0.3 is 12.1 Å². The van der Waals surface area contributed by atoms with Crippen molar-refractivity contribution in [2.24, 2.45) is 5.92 Å². The molecule has 0 unspecified atom stereocenters. The first-order valence-electron chi connectivity index (χ1n) is 26.0. The monoisotopic (exact) mass is 1070 g/mol. The molecule has 0 atom stereocenters. The smallest absolute Gasteiger partial charge is 0.319 e. The van der Waals surface area contributed by atoms with Crippen molar-refractivity contribution >= 4 is 70.3 Å². The lowest BCUT2D eigenvalue weighted by Gasteiger charge is -2.35. The summed E-state index contributed by atoms with van der Waals surface area (Å²) < 4.78 is 0. The fraction of sp³-hybridized carbons (Fsp3) is 0.474. The molecular formula is C57H78Cl2N10O6. The highest BCUT2D eigenvalue weighted by Gasteiger charge is 2.26. The van der Waals surface area contributed by atoms with E-state index >= 15 is 0 Å². The maximum atomic E-state index is 13.1. The number of hydrogen-bond donors (Lipinski definition) is 6. The van der Waals surface area contributed by atoms with E-state index in [-0.39, 0.29) is 46.8 Å². The first kappa shape index (κ1) is 59.7. The van der Waals surface area contributed by atoms with Crippen LogP contribution in [0.15, 0.2) is 84.9 Å². The third-order valence-corrected chi connectivity index (χ3v) is 12.9. The van der Waals surface area contributed by atoms with Crippen LogP contribution >= 0.6 is 23.2 Å². The number of urea groups is 2. The summed E-state index contributed by atoms with van der Waals surface area (Å²) in [5, 5.41) is 17.7. The minimum absolute atomic E-state index is 0.0817. The Morgan fingerprint density at radius 3 is 1.29 bits per heavy atom. The minimum atomic E-state index is -0.317. The lowest BCUT2D eigenvalue weighted by Crippen LogP contribution is -2.48. The van der Waals surface area contributed by atoms with Crippen molar-refractivity contribution in [3.8, 4) is 0 Å². The van der Waals surface area contributed by atoms with Crippen LogP contribution in [0.1, 0.15) is 134 Å². The van der Waals surface area contributed by atoms with Crippen molar-refractivity contribution in [1.82, 2.24) is 40.9 Å². The summed E-state index contributed by atoms with van der Waals surface area (Å²) in [6.45, 7) is 25.9. The standard InChI is InChI=1S/C29H40ClN5O3.C28H38ClN5O3/c1-20(2)11-12-31-28(38)32-25-10-9-23(18-24(25)30)27(37)35-15-13-34(14-16-35)19-21-7-6-8-22(17-21)26(36)33-29(3,4)5;1-5-6-12-30-27(37)31-24-11-10-22(18-23(24)29)26(36)34-15-13-33(14-16-34)19-20-8-7-9-21(17-20)25(35)32-28(2,3)4/h6-10,17-18,20H,11-16,19H2,1-5H3,(H,33,36)(H2,31,32,38);7-11,17-18H,5-6,12-16,19H2,1-4H3,(H,32,35)(H2,30,31,37). The van der Waals surface area contributed by atoms with Gasteiger partial charge in [-0.25, -0.2) is 9.59 Å². The molecule has 4 aromatic carbocycles. The molecule has 18 heteroatoms. The van der Waals surface area contributed by atoms with E-state index in [1.807, 2.05) is 99.9 Å². The molecule has 0 radical (unpaired) electrons. The summed E-state index contributed by atoms with van der Waals surface area (Å²) in [4.78, 5) is 83.5. The second-order valence-corrected chi connectivity index (χ2v) is 22.4. The van der Waals surface area contributed by atoms with E-state index in [9.17, 15) is 28.8 Å². The van der Waals surface area contributed by atoms with Crippen LogP contribution in [0.5, 0.6) is 0 Å². The van der Waals surface area contributed by atoms with Crippen LogP contribution in [0, 0.1) is 5.92 Å². The second kappa shape index (κ2) is 28.1. The van der Waals surface area contributed by atoms with E-state index in [2.05, 4.69) is 62.5 Å². The number of hydrogen-bond acceptors (Lipinski definition) is 8. The summed E-state index contributed by atoms with van der Waals surface area (Å²) in [6.07, 6.45) is 2.79. The molecule has 2 fully saturated rings. The molecule has 0 spiro atoms. The average Bonchev–Trinajstić information content (AvgIpc) is 3.34. The van der Waals surface area contributed by atoms with Gasteiger partial charge in [0, 0.05) is 112 Å². The largest absolute Gasteiger partial charge is 0.347 e. The highest BCUT2D eigenvalue weighted by Crippen LogP contribution is 2.26.